The fourth-order valence-electron chi connectivity index (χ4n) is 2.23. The van der Waals surface area contributed by atoms with Crippen LogP contribution in [0.5, 0.6) is 0 Å². The highest BCUT2D eigenvalue weighted by Gasteiger charge is 2.32. The summed E-state index contributed by atoms with van der Waals surface area (Å²) in [5.41, 5.74) is 0.723. The zero-order valence-electron chi connectivity index (χ0n) is 11.8. The van der Waals surface area contributed by atoms with Crippen LogP contribution in [0.1, 0.15) is 31.4 Å². The van der Waals surface area contributed by atoms with Crippen LogP contribution in [0.15, 0.2) is 30.3 Å². The van der Waals surface area contributed by atoms with Crippen molar-refractivity contribution in [1.29, 1.82) is 0 Å². The van der Waals surface area contributed by atoms with Crippen LogP contribution in [0.3, 0.4) is 0 Å². The molecule has 1 aliphatic rings. The van der Waals surface area contributed by atoms with Gasteiger partial charge in [-0.05, 0) is 18.9 Å². The summed E-state index contributed by atoms with van der Waals surface area (Å²) >= 11 is 0. The summed E-state index contributed by atoms with van der Waals surface area (Å²) in [6, 6.07) is 7.74. The molecular weight excluding hydrogens is 272 g/mol. The van der Waals surface area contributed by atoms with E-state index in [0.717, 1.165) is 5.56 Å². The van der Waals surface area contributed by atoms with Crippen LogP contribution in [0.4, 0.5) is 0 Å². The van der Waals surface area contributed by atoms with Crippen LogP contribution in [0.25, 0.3) is 0 Å². The van der Waals surface area contributed by atoms with Crippen LogP contribution >= 0.6 is 0 Å². The number of piperidine rings is 1. The third-order valence-electron chi connectivity index (χ3n) is 3.26. The number of carbonyl (C=O) groups is 3. The molecule has 1 heterocycles. The minimum Gasteiger partial charge on any atom is -0.465 e. The van der Waals surface area contributed by atoms with Crippen molar-refractivity contribution in [1.82, 2.24) is 10.6 Å². The number of hydrogen-bond acceptors (Lipinski definition) is 5. The molecule has 2 rings (SSSR count). The molecule has 1 aromatic carbocycles. The lowest BCUT2D eigenvalue weighted by Crippen LogP contribution is -2.52. The molecule has 0 spiro atoms. The van der Waals surface area contributed by atoms with E-state index in [1.54, 1.807) is 19.1 Å². The molecule has 0 radical (unpaired) electrons. The van der Waals surface area contributed by atoms with Gasteiger partial charge < -0.3 is 4.74 Å². The topological polar surface area (TPSA) is 84.5 Å². The van der Waals surface area contributed by atoms with Crippen LogP contribution < -0.4 is 10.6 Å². The van der Waals surface area contributed by atoms with E-state index in [2.05, 4.69) is 10.6 Å². The lowest BCUT2D eigenvalue weighted by Gasteiger charge is -2.26. The largest absolute Gasteiger partial charge is 0.465 e. The maximum atomic E-state index is 12.1. The van der Waals surface area contributed by atoms with Gasteiger partial charge in [0.1, 0.15) is 6.04 Å². The van der Waals surface area contributed by atoms with Crippen molar-refractivity contribution in [3.8, 4) is 0 Å². The van der Waals surface area contributed by atoms with E-state index < -0.39 is 24.0 Å². The second kappa shape index (κ2) is 6.99. The molecule has 2 atom stereocenters. The van der Waals surface area contributed by atoms with Crippen LogP contribution in [-0.4, -0.2) is 30.4 Å². The van der Waals surface area contributed by atoms with E-state index in [4.69, 9.17) is 4.74 Å². The summed E-state index contributed by atoms with van der Waals surface area (Å²) in [6.45, 7) is 1.99. The van der Waals surface area contributed by atoms with Crippen LogP contribution in [0.2, 0.25) is 0 Å². The average molecular weight is 290 g/mol. The zero-order chi connectivity index (χ0) is 15.2. The third-order valence-corrected chi connectivity index (χ3v) is 3.26. The monoisotopic (exact) mass is 290 g/mol. The van der Waals surface area contributed by atoms with Gasteiger partial charge in [0, 0.05) is 6.42 Å². The molecule has 0 bridgehead atoms. The number of benzene rings is 1. The highest BCUT2D eigenvalue weighted by molar-refractivity contribution is 6.00. The van der Waals surface area contributed by atoms with E-state index in [0.29, 0.717) is 6.42 Å². The minimum absolute atomic E-state index is 0.258. The van der Waals surface area contributed by atoms with E-state index >= 15 is 0 Å². The molecule has 112 valence electrons. The Labute approximate surface area is 122 Å². The van der Waals surface area contributed by atoms with Gasteiger partial charge >= 0.3 is 5.97 Å². The standard InChI is InChI=1S/C15H18N2O4/c1-2-21-15(20)13(10-6-4-3-5-7-10)16-11-8-9-12(18)17-14(11)19/h3-7,11,13,16H,2,8-9H2,1H3,(H,17,18,19). The fourth-order valence-corrected chi connectivity index (χ4v) is 2.23. The normalized spacial score (nSPS) is 19.8. The predicted molar refractivity (Wildman–Crippen MR) is 75.1 cm³/mol. The van der Waals surface area contributed by atoms with Gasteiger partial charge in [-0.3, -0.25) is 20.2 Å². The Kier molecular flexibility index (Phi) is 5.05. The summed E-state index contributed by atoms with van der Waals surface area (Å²) in [6.07, 6.45) is 0.626. The summed E-state index contributed by atoms with van der Waals surface area (Å²) < 4.78 is 5.06. The van der Waals surface area contributed by atoms with E-state index in [-0.39, 0.29) is 18.9 Å². The second-order valence-electron chi connectivity index (χ2n) is 4.77. The number of ether oxygens (including phenoxy) is 1. The first-order chi connectivity index (χ1) is 10.1. The van der Waals surface area contributed by atoms with Gasteiger partial charge in [-0.1, -0.05) is 30.3 Å². The van der Waals surface area contributed by atoms with Gasteiger partial charge in [-0.15, -0.1) is 0 Å². The van der Waals surface area contributed by atoms with Gasteiger partial charge in [0.05, 0.1) is 12.6 Å². The van der Waals surface area contributed by atoms with Crippen molar-refractivity contribution >= 4 is 17.8 Å². The maximum absolute atomic E-state index is 12.1. The zero-order valence-corrected chi connectivity index (χ0v) is 11.8. The maximum Gasteiger partial charge on any atom is 0.327 e. The number of amides is 2. The first-order valence-electron chi connectivity index (χ1n) is 6.93. The highest BCUT2D eigenvalue weighted by atomic mass is 16.5. The van der Waals surface area contributed by atoms with E-state index in [1.165, 1.54) is 0 Å². The SMILES string of the molecule is CCOC(=O)C(NC1CCC(=O)NC1=O)c1ccccc1. The van der Waals surface area contributed by atoms with Gasteiger partial charge in [0.25, 0.3) is 0 Å². The fraction of sp³-hybridized carbons (Fsp3) is 0.400. The molecule has 1 fully saturated rings. The average Bonchev–Trinajstić information content (AvgIpc) is 2.47. The third kappa shape index (κ3) is 3.88. The molecule has 1 aromatic rings. The van der Waals surface area contributed by atoms with Gasteiger partial charge in [0.2, 0.25) is 11.8 Å². The van der Waals surface area contributed by atoms with Crippen molar-refractivity contribution in [2.24, 2.45) is 0 Å². The van der Waals surface area contributed by atoms with Crippen LogP contribution in [0, 0.1) is 0 Å². The van der Waals surface area contributed by atoms with Crippen molar-refractivity contribution in [3.05, 3.63) is 35.9 Å². The van der Waals surface area contributed by atoms with Gasteiger partial charge in [0.15, 0.2) is 0 Å². The molecule has 2 amide bonds. The molecule has 0 aliphatic carbocycles. The van der Waals surface area contributed by atoms with Crippen molar-refractivity contribution in [2.45, 2.75) is 31.8 Å². The van der Waals surface area contributed by atoms with Crippen molar-refractivity contribution in [2.75, 3.05) is 6.61 Å². The Morgan fingerprint density at radius 1 is 1.38 bits per heavy atom. The highest BCUT2D eigenvalue weighted by Crippen LogP contribution is 2.17. The Balaban J connectivity index is 2.14. The van der Waals surface area contributed by atoms with Crippen molar-refractivity contribution < 1.29 is 19.1 Å². The molecule has 21 heavy (non-hydrogen) atoms. The first-order valence-corrected chi connectivity index (χ1v) is 6.93. The molecule has 6 heteroatoms. The van der Waals surface area contributed by atoms with Crippen molar-refractivity contribution in [3.63, 3.8) is 0 Å². The molecule has 2 N–H and O–H groups in total. The Morgan fingerprint density at radius 2 is 2.10 bits per heavy atom. The second-order valence-corrected chi connectivity index (χ2v) is 4.77. The van der Waals surface area contributed by atoms with Gasteiger partial charge in [-0.25, -0.2) is 4.79 Å². The van der Waals surface area contributed by atoms with E-state index in [1.807, 2.05) is 18.2 Å². The van der Waals surface area contributed by atoms with E-state index in [9.17, 15) is 14.4 Å². The first kappa shape index (κ1) is 15.2. The molecule has 0 aromatic heterocycles. The van der Waals surface area contributed by atoms with Crippen LogP contribution in [-0.2, 0) is 19.1 Å². The quantitative estimate of drug-likeness (QED) is 0.615. The lowest BCUT2D eigenvalue weighted by molar-refractivity contribution is -0.146. The molecule has 1 saturated heterocycles. The Morgan fingerprint density at radius 3 is 2.71 bits per heavy atom. The number of imide groups is 1. The van der Waals surface area contributed by atoms with Gasteiger partial charge in [-0.2, -0.15) is 0 Å². The molecule has 6 nitrogen and oxygen atoms in total. The summed E-state index contributed by atoms with van der Waals surface area (Å²) in [5, 5.41) is 5.25. The molecule has 0 saturated carbocycles. The summed E-state index contributed by atoms with van der Waals surface area (Å²) in [7, 11) is 0. The Bertz CT molecular complexity index is 530. The number of nitrogens with one attached hydrogen (secondary N) is 2. The molecule has 2 unspecified atom stereocenters. The number of esters is 1. The summed E-state index contributed by atoms with van der Waals surface area (Å²) in [4.78, 5) is 35.1. The molecule has 1 aliphatic heterocycles. The summed E-state index contributed by atoms with van der Waals surface area (Å²) in [5.74, 6) is -1.13. The molecular formula is C15H18N2O4. The Hall–Kier alpha value is -2.21. The number of carbonyl (C=O) groups excluding carboxylic acids is 3. The smallest absolute Gasteiger partial charge is 0.327 e. The predicted octanol–water partition coefficient (Wildman–Crippen LogP) is 0.686. The lowest BCUT2D eigenvalue weighted by atomic mass is 10.0. The minimum atomic E-state index is -0.727. The number of rotatable bonds is 5. The number of hydrogen-bond donors (Lipinski definition) is 2.